The average molecular weight is 358 g/mol. The summed E-state index contributed by atoms with van der Waals surface area (Å²) in [6.07, 6.45) is 1.64. The molecule has 0 unspecified atom stereocenters. The predicted octanol–water partition coefficient (Wildman–Crippen LogP) is 3.71. The van der Waals surface area contributed by atoms with E-state index < -0.39 is 0 Å². The van der Waals surface area contributed by atoms with Crippen molar-refractivity contribution in [1.29, 1.82) is 0 Å². The van der Waals surface area contributed by atoms with Gasteiger partial charge in [-0.3, -0.25) is 4.98 Å². The molecule has 2 N–H and O–H groups in total. The first kappa shape index (κ1) is 14.2. The van der Waals surface area contributed by atoms with E-state index in [0.29, 0.717) is 23.1 Å². The van der Waals surface area contributed by atoms with Crippen LogP contribution in [-0.4, -0.2) is 9.97 Å². The molecule has 1 aromatic heterocycles. The van der Waals surface area contributed by atoms with Gasteiger partial charge in [-0.05, 0) is 24.3 Å². The maximum atomic E-state index is 6.05. The lowest BCUT2D eigenvalue weighted by Gasteiger charge is -2.10. The number of nitrogens with two attached hydrogens (primary N) is 1. The zero-order chi connectivity index (χ0) is 13.8. The maximum Gasteiger partial charge on any atom is 0.139 e. The number of aromatic nitrogens is 1. The first-order valence-electron chi connectivity index (χ1n) is 5.39. The van der Waals surface area contributed by atoms with Crippen molar-refractivity contribution >= 4 is 44.7 Å². The van der Waals surface area contributed by atoms with Gasteiger partial charge in [0.1, 0.15) is 23.0 Å². The molecule has 0 saturated carbocycles. The lowest BCUT2D eigenvalue weighted by molar-refractivity contribution is 0.305. The van der Waals surface area contributed by atoms with Crippen LogP contribution in [0.25, 0.3) is 0 Å². The summed E-state index contributed by atoms with van der Waals surface area (Å²) in [6, 6.07) is 9.09. The third-order valence-electron chi connectivity index (χ3n) is 2.40. The highest BCUT2D eigenvalue weighted by atomic mass is 79.9. The Labute approximate surface area is 129 Å². The van der Waals surface area contributed by atoms with Crippen molar-refractivity contribution in [3.63, 3.8) is 0 Å². The third kappa shape index (κ3) is 3.65. The first-order chi connectivity index (χ1) is 9.08. The second-order valence-corrected chi connectivity index (χ2v) is 5.50. The molecule has 0 radical (unpaired) electrons. The summed E-state index contributed by atoms with van der Waals surface area (Å²) >= 11 is 14.4. The highest BCUT2D eigenvalue weighted by Gasteiger charge is 2.08. The summed E-state index contributed by atoms with van der Waals surface area (Å²) in [5.41, 5.74) is 7.02. The van der Waals surface area contributed by atoms with Gasteiger partial charge in [0, 0.05) is 16.2 Å². The number of hydrogen-bond donors (Lipinski definition) is 1. The molecule has 0 aliphatic rings. The van der Waals surface area contributed by atoms with Gasteiger partial charge in [-0.2, -0.15) is 0 Å². The Morgan fingerprint density at radius 3 is 2.95 bits per heavy atom. The number of ether oxygens (including phenoxy) is 1. The zero-order valence-electron chi connectivity index (χ0n) is 9.77. The van der Waals surface area contributed by atoms with Gasteiger partial charge in [0.25, 0.3) is 0 Å². The fraction of sp³-hybridized carbons (Fsp3) is 0.0769. The Hall–Kier alpha value is -1.17. The quantitative estimate of drug-likeness (QED) is 0.847. The number of nitrogens with zero attached hydrogens (tertiary/aromatic N) is 1. The van der Waals surface area contributed by atoms with E-state index in [4.69, 9.17) is 34.3 Å². The second kappa shape index (κ2) is 6.32. The molecule has 0 spiro atoms. The molecule has 0 saturated heterocycles. The van der Waals surface area contributed by atoms with Crippen molar-refractivity contribution in [1.82, 2.24) is 4.98 Å². The minimum Gasteiger partial charge on any atom is -0.487 e. The van der Waals surface area contributed by atoms with E-state index in [-0.39, 0.29) is 4.99 Å². The summed E-state index contributed by atoms with van der Waals surface area (Å²) in [4.78, 5) is 4.39. The normalized spacial score (nSPS) is 10.2. The van der Waals surface area contributed by atoms with Gasteiger partial charge in [-0.15, -0.1) is 0 Å². The van der Waals surface area contributed by atoms with Gasteiger partial charge in [-0.1, -0.05) is 45.8 Å². The second-order valence-electron chi connectivity index (χ2n) is 3.74. The predicted molar refractivity (Wildman–Crippen MR) is 83.6 cm³/mol. The monoisotopic (exact) mass is 356 g/mol. The van der Waals surface area contributed by atoms with Gasteiger partial charge in [0.15, 0.2) is 0 Å². The van der Waals surface area contributed by atoms with E-state index in [0.717, 1.165) is 10.0 Å². The molecular formula is C13H10BrClN2OS. The van der Waals surface area contributed by atoms with E-state index in [2.05, 4.69) is 20.9 Å². The Morgan fingerprint density at radius 2 is 2.21 bits per heavy atom. The standard InChI is InChI=1S/C13H10BrClN2OS/c14-9-3-4-10(15)11(6-9)18-7-8-2-1-5-17-12(8)13(16)19/h1-6H,7H2,(H2,16,19). The van der Waals surface area contributed by atoms with Crippen molar-refractivity contribution in [2.75, 3.05) is 0 Å². The molecule has 0 aliphatic carbocycles. The molecule has 0 amide bonds. The molecule has 0 fully saturated rings. The average Bonchev–Trinajstić information content (AvgIpc) is 2.40. The zero-order valence-corrected chi connectivity index (χ0v) is 12.9. The topological polar surface area (TPSA) is 48.1 Å². The number of benzene rings is 1. The van der Waals surface area contributed by atoms with Crippen LogP contribution in [0.5, 0.6) is 5.75 Å². The molecule has 2 aromatic rings. The number of thiocarbonyl (C=S) groups is 1. The van der Waals surface area contributed by atoms with Crippen LogP contribution in [0.3, 0.4) is 0 Å². The minimum atomic E-state index is 0.250. The van der Waals surface area contributed by atoms with E-state index in [1.165, 1.54) is 0 Å². The number of rotatable bonds is 4. The van der Waals surface area contributed by atoms with Crippen molar-refractivity contribution in [2.24, 2.45) is 5.73 Å². The van der Waals surface area contributed by atoms with Crippen LogP contribution in [0.15, 0.2) is 41.0 Å². The number of pyridine rings is 1. The van der Waals surface area contributed by atoms with Crippen LogP contribution < -0.4 is 10.5 Å². The molecule has 0 aliphatic heterocycles. The van der Waals surface area contributed by atoms with Crippen molar-refractivity contribution in [2.45, 2.75) is 6.61 Å². The molecule has 98 valence electrons. The molecular weight excluding hydrogens is 348 g/mol. The Kier molecular flexibility index (Phi) is 4.74. The van der Waals surface area contributed by atoms with Gasteiger partial charge in [0.2, 0.25) is 0 Å². The van der Waals surface area contributed by atoms with E-state index in [9.17, 15) is 0 Å². The molecule has 1 heterocycles. The summed E-state index contributed by atoms with van der Waals surface area (Å²) in [6.45, 7) is 0.302. The van der Waals surface area contributed by atoms with Gasteiger partial charge in [-0.25, -0.2) is 0 Å². The lowest BCUT2D eigenvalue weighted by Crippen LogP contribution is -2.15. The summed E-state index contributed by atoms with van der Waals surface area (Å²) in [5.74, 6) is 0.591. The Morgan fingerprint density at radius 1 is 1.42 bits per heavy atom. The molecule has 19 heavy (non-hydrogen) atoms. The highest BCUT2D eigenvalue weighted by molar-refractivity contribution is 9.10. The van der Waals surface area contributed by atoms with Crippen molar-refractivity contribution in [3.05, 3.63) is 57.3 Å². The van der Waals surface area contributed by atoms with E-state index in [1.54, 1.807) is 18.3 Å². The lowest BCUT2D eigenvalue weighted by atomic mass is 10.2. The fourth-order valence-corrected chi connectivity index (χ4v) is 2.22. The SMILES string of the molecule is NC(=S)c1ncccc1COc1cc(Br)ccc1Cl. The van der Waals surface area contributed by atoms with Crippen LogP contribution in [-0.2, 0) is 6.61 Å². The van der Waals surface area contributed by atoms with Gasteiger partial charge < -0.3 is 10.5 Å². The van der Waals surface area contributed by atoms with Gasteiger partial charge >= 0.3 is 0 Å². The molecule has 1 aromatic carbocycles. The Bertz CT molecular complexity index is 621. The molecule has 6 heteroatoms. The Balaban J connectivity index is 2.19. The molecule has 3 nitrogen and oxygen atoms in total. The summed E-state index contributed by atoms with van der Waals surface area (Å²) < 4.78 is 6.57. The van der Waals surface area contributed by atoms with Crippen LogP contribution in [0.4, 0.5) is 0 Å². The largest absolute Gasteiger partial charge is 0.487 e. The van der Waals surface area contributed by atoms with Crippen molar-refractivity contribution in [3.8, 4) is 5.75 Å². The smallest absolute Gasteiger partial charge is 0.139 e. The van der Waals surface area contributed by atoms with Crippen LogP contribution in [0.1, 0.15) is 11.3 Å². The van der Waals surface area contributed by atoms with Gasteiger partial charge in [0.05, 0.1) is 5.02 Å². The van der Waals surface area contributed by atoms with Crippen LogP contribution >= 0.6 is 39.7 Å². The molecule has 0 atom stereocenters. The molecule has 0 bridgehead atoms. The highest BCUT2D eigenvalue weighted by Crippen LogP contribution is 2.28. The first-order valence-corrected chi connectivity index (χ1v) is 6.97. The number of hydrogen-bond acceptors (Lipinski definition) is 3. The van der Waals surface area contributed by atoms with Crippen molar-refractivity contribution < 1.29 is 4.74 Å². The minimum absolute atomic E-state index is 0.250. The van der Waals surface area contributed by atoms with E-state index >= 15 is 0 Å². The fourth-order valence-electron chi connectivity index (χ4n) is 1.52. The molecule has 2 rings (SSSR count). The van der Waals surface area contributed by atoms with E-state index in [1.807, 2.05) is 18.2 Å². The summed E-state index contributed by atoms with van der Waals surface area (Å²) in [5, 5.41) is 0.545. The summed E-state index contributed by atoms with van der Waals surface area (Å²) in [7, 11) is 0. The van der Waals surface area contributed by atoms with Crippen LogP contribution in [0.2, 0.25) is 5.02 Å². The van der Waals surface area contributed by atoms with Crippen LogP contribution in [0, 0.1) is 0 Å². The number of halogens is 2. The third-order valence-corrected chi connectivity index (χ3v) is 3.40. The maximum absolute atomic E-state index is 6.05.